The van der Waals surface area contributed by atoms with Crippen LogP contribution in [0.3, 0.4) is 0 Å². The first kappa shape index (κ1) is 14.7. The Morgan fingerprint density at radius 1 is 1.40 bits per heavy atom. The fraction of sp³-hybridized carbons (Fsp3) is 0.286. The zero-order valence-corrected chi connectivity index (χ0v) is 12.8. The molecule has 1 N–H and O–H groups in total. The summed E-state index contributed by atoms with van der Waals surface area (Å²) in [5, 5.41) is 17.6. The molecule has 0 aliphatic carbocycles. The third-order valence-corrected chi connectivity index (χ3v) is 3.80. The lowest BCUT2D eigenvalue weighted by Gasteiger charge is -2.08. The highest BCUT2D eigenvalue weighted by Gasteiger charge is 2.12. The minimum atomic E-state index is 0.433. The van der Waals surface area contributed by atoms with Gasteiger partial charge in [-0.15, -0.1) is 0 Å². The second-order valence-corrected chi connectivity index (χ2v) is 5.13. The fourth-order valence-corrected chi connectivity index (χ4v) is 2.50. The molecule has 0 amide bonds. The first-order valence-corrected chi connectivity index (χ1v) is 6.96. The maximum absolute atomic E-state index is 8.84. The monoisotopic (exact) mass is 308 g/mol. The molecule has 1 aromatic heterocycles. The average Bonchev–Trinajstić information content (AvgIpc) is 2.71. The number of hydrogen-bond acceptors (Lipinski definition) is 3. The molecule has 1 aromatic carbocycles. The van der Waals surface area contributed by atoms with E-state index in [1.54, 1.807) is 16.8 Å². The van der Waals surface area contributed by atoms with Crippen LogP contribution in [-0.2, 0) is 20.0 Å². The fourth-order valence-electron chi connectivity index (χ4n) is 1.91. The summed E-state index contributed by atoms with van der Waals surface area (Å²) in [6, 6.07) is 7.26. The lowest BCUT2D eigenvalue weighted by Crippen LogP contribution is -2.06. The summed E-state index contributed by atoms with van der Waals surface area (Å²) in [5.74, 6) is 0. The second-order valence-electron chi connectivity index (χ2n) is 4.34. The van der Waals surface area contributed by atoms with E-state index < -0.39 is 0 Å². The van der Waals surface area contributed by atoms with Gasteiger partial charge in [-0.05, 0) is 24.6 Å². The summed E-state index contributed by atoms with van der Waals surface area (Å²) in [6.07, 6.45) is 0.801. The Kier molecular flexibility index (Phi) is 4.53. The van der Waals surface area contributed by atoms with Gasteiger partial charge >= 0.3 is 0 Å². The van der Waals surface area contributed by atoms with Crippen LogP contribution in [0.15, 0.2) is 18.2 Å². The van der Waals surface area contributed by atoms with E-state index in [0.29, 0.717) is 22.2 Å². The van der Waals surface area contributed by atoms with Crippen molar-refractivity contribution in [2.45, 2.75) is 19.9 Å². The molecule has 2 rings (SSSR count). The molecular weight excluding hydrogens is 295 g/mol. The molecule has 20 heavy (non-hydrogen) atoms. The zero-order valence-electron chi connectivity index (χ0n) is 11.2. The molecule has 0 saturated carbocycles. The van der Waals surface area contributed by atoms with Gasteiger partial charge in [-0.3, -0.25) is 4.68 Å². The standard InChI is InChI=1S/C14H14Cl2N4/c1-3-12-14(16)13(20(2)19-12)8-18-10-5-4-9(7-17)11(15)6-10/h4-6,18H,3,8H2,1-2H3. The lowest BCUT2D eigenvalue weighted by molar-refractivity contribution is 0.707. The van der Waals surface area contributed by atoms with Gasteiger partial charge in [0.2, 0.25) is 0 Å². The van der Waals surface area contributed by atoms with Crippen molar-refractivity contribution in [3.63, 3.8) is 0 Å². The van der Waals surface area contributed by atoms with Crippen molar-refractivity contribution < 1.29 is 0 Å². The van der Waals surface area contributed by atoms with E-state index in [4.69, 9.17) is 28.5 Å². The highest BCUT2D eigenvalue weighted by atomic mass is 35.5. The van der Waals surface area contributed by atoms with Gasteiger partial charge in [-0.2, -0.15) is 10.4 Å². The Bertz CT molecular complexity index is 671. The molecule has 2 aromatic rings. The van der Waals surface area contributed by atoms with Crippen molar-refractivity contribution in [3.05, 3.63) is 45.2 Å². The molecule has 4 nitrogen and oxygen atoms in total. The molecule has 6 heteroatoms. The molecule has 0 aliphatic rings. The van der Waals surface area contributed by atoms with Gasteiger partial charge in [-0.1, -0.05) is 30.1 Å². The number of aromatic nitrogens is 2. The molecule has 0 bridgehead atoms. The topological polar surface area (TPSA) is 53.6 Å². The molecule has 0 aliphatic heterocycles. The maximum Gasteiger partial charge on any atom is 0.101 e. The molecular formula is C14H14Cl2N4. The van der Waals surface area contributed by atoms with Crippen molar-refractivity contribution in [2.24, 2.45) is 7.05 Å². The Hall–Kier alpha value is -1.70. The van der Waals surface area contributed by atoms with E-state index in [1.165, 1.54) is 0 Å². The van der Waals surface area contributed by atoms with Crippen LogP contribution in [0.5, 0.6) is 0 Å². The van der Waals surface area contributed by atoms with Gasteiger partial charge in [-0.25, -0.2) is 0 Å². The lowest BCUT2D eigenvalue weighted by atomic mass is 10.2. The quantitative estimate of drug-likeness (QED) is 0.935. The number of aryl methyl sites for hydroxylation is 2. The Morgan fingerprint density at radius 2 is 2.15 bits per heavy atom. The number of halogens is 2. The van der Waals surface area contributed by atoms with Crippen LogP contribution in [0.1, 0.15) is 23.9 Å². The Balaban J connectivity index is 2.15. The van der Waals surface area contributed by atoms with Crippen molar-refractivity contribution >= 4 is 28.9 Å². The molecule has 0 saturated heterocycles. The first-order valence-electron chi connectivity index (χ1n) is 6.20. The van der Waals surface area contributed by atoms with Gasteiger partial charge in [0.1, 0.15) is 6.07 Å². The smallest absolute Gasteiger partial charge is 0.101 e. The minimum absolute atomic E-state index is 0.433. The van der Waals surface area contributed by atoms with Gasteiger partial charge < -0.3 is 5.32 Å². The maximum atomic E-state index is 8.84. The van der Waals surface area contributed by atoms with Gasteiger partial charge in [0.15, 0.2) is 0 Å². The van der Waals surface area contributed by atoms with Crippen LogP contribution in [0.4, 0.5) is 5.69 Å². The van der Waals surface area contributed by atoms with E-state index in [0.717, 1.165) is 23.5 Å². The van der Waals surface area contributed by atoms with Crippen LogP contribution in [0.2, 0.25) is 10.0 Å². The van der Waals surface area contributed by atoms with Crippen LogP contribution in [0.25, 0.3) is 0 Å². The van der Waals surface area contributed by atoms with Gasteiger partial charge in [0, 0.05) is 12.7 Å². The molecule has 0 unspecified atom stereocenters. The highest BCUT2D eigenvalue weighted by molar-refractivity contribution is 6.32. The molecule has 1 heterocycles. The normalized spacial score (nSPS) is 10.3. The number of rotatable bonds is 4. The van der Waals surface area contributed by atoms with Crippen LogP contribution in [0, 0.1) is 11.3 Å². The third kappa shape index (κ3) is 2.90. The van der Waals surface area contributed by atoms with Crippen LogP contribution < -0.4 is 5.32 Å². The SMILES string of the molecule is CCc1nn(C)c(CNc2ccc(C#N)c(Cl)c2)c1Cl. The second kappa shape index (κ2) is 6.17. The van der Waals surface area contributed by atoms with Crippen LogP contribution in [-0.4, -0.2) is 9.78 Å². The number of benzene rings is 1. The molecule has 0 fully saturated rings. The molecule has 0 spiro atoms. The summed E-state index contributed by atoms with van der Waals surface area (Å²) in [5.41, 5.74) is 3.11. The summed E-state index contributed by atoms with van der Waals surface area (Å²) >= 11 is 12.3. The van der Waals surface area contributed by atoms with Crippen molar-refractivity contribution in [3.8, 4) is 6.07 Å². The van der Waals surface area contributed by atoms with Crippen molar-refractivity contribution in [1.29, 1.82) is 5.26 Å². The number of hydrogen-bond donors (Lipinski definition) is 1. The van der Waals surface area contributed by atoms with E-state index >= 15 is 0 Å². The summed E-state index contributed by atoms with van der Waals surface area (Å²) in [6.45, 7) is 2.57. The first-order chi connectivity index (χ1) is 9.56. The van der Waals surface area contributed by atoms with E-state index in [1.807, 2.05) is 26.1 Å². The number of anilines is 1. The average molecular weight is 309 g/mol. The Morgan fingerprint density at radius 3 is 2.70 bits per heavy atom. The van der Waals surface area contributed by atoms with E-state index in [-0.39, 0.29) is 0 Å². The van der Waals surface area contributed by atoms with Gasteiger partial charge in [0.05, 0.1) is 33.5 Å². The third-order valence-electron chi connectivity index (χ3n) is 3.05. The van der Waals surface area contributed by atoms with Crippen molar-refractivity contribution in [1.82, 2.24) is 9.78 Å². The number of nitrogens with zero attached hydrogens (tertiary/aromatic N) is 3. The van der Waals surface area contributed by atoms with E-state index in [2.05, 4.69) is 10.4 Å². The summed E-state index contributed by atoms with van der Waals surface area (Å²) in [7, 11) is 1.87. The minimum Gasteiger partial charge on any atom is -0.379 e. The molecule has 0 atom stereocenters. The summed E-state index contributed by atoms with van der Waals surface area (Å²) < 4.78 is 1.78. The largest absolute Gasteiger partial charge is 0.379 e. The summed E-state index contributed by atoms with van der Waals surface area (Å²) in [4.78, 5) is 0. The van der Waals surface area contributed by atoms with Gasteiger partial charge in [0.25, 0.3) is 0 Å². The Labute approximate surface area is 127 Å². The van der Waals surface area contributed by atoms with Crippen LogP contribution >= 0.6 is 23.2 Å². The van der Waals surface area contributed by atoms with Crippen molar-refractivity contribution in [2.75, 3.05) is 5.32 Å². The number of nitriles is 1. The predicted octanol–water partition coefficient (Wildman–Crippen LogP) is 3.77. The highest BCUT2D eigenvalue weighted by Crippen LogP contribution is 2.24. The van der Waals surface area contributed by atoms with E-state index in [9.17, 15) is 0 Å². The number of nitrogens with one attached hydrogen (secondary N) is 1. The molecule has 104 valence electrons. The zero-order chi connectivity index (χ0) is 14.7. The predicted molar refractivity (Wildman–Crippen MR) is 81.1 cm³/mol. The molecule has 0 radical (unpaired) electrons.